The van der Waals surface area contributed by atoms with Gasteiger partial charge in [0.25, 0.3) is 0 Å². The Hall–Kier alpha value is -1.48. The average Bonchev–Trinajstić information content (AvgIpc) is 2.66. The molecule has 1 saturated carbocycles. The molecule has 0 bridgehead atoms. The molecule has 0 spiro atoms. The molecule has 3 heteroatoms. The molecule has 2 aromatic rings. The largest absolute Gasteiger partial charge is 0.288 e. The van der Waals surface area contributed by atoms with Crippen molar-refractivity contribution >= 4 is 17.1 Å². The highest BCUT2D eigenvalue weighted by atomic mass is 32.1. The molecule has 0 amide bonds. The van der Waals surface area contributed by atoms with Gasteiger partial charge in [-0.05, 0) is 38.2 Å². The molecule has 0 saturated heterocycles. The Labute approximate surface area is 117 Å². The van der Waals surface area contributed by atoms with Crippen LogP contribution in [0.2, 0.25) is 0 Å². The average molecular weight is 271 g/mol. The van der Waals surface area contributed by atoms with Crippen molar-refractivity contribution in [2.45, 2.75) is 39.0 Å². The fourth-order valence-electron chi connectivity index (χ4n) is 2.52. The van der Waals surface area contributed by atoms with E-state index in [0.29, 0.717) is 0 Å². The number of nitrogens with zero attached hydrogens (tertiary/aromatic N) is 1. The molecule has 1 aliphatic rings. The van der Waals surface area contributed by atoms with Crippen LogP contribution in [0.5, 0.6) is 0 Å². The SMILES string of the molecule is Cc1nc(C)c(C(=O)c2ccc(C3CCC3)cc2)s1. The summed E-state index contributed by atoms with van der Waals surface area (Å²) < 4.78 is 0. The highest BCUT2D eigenvalue weighted by Gasteiger charge is 2.20. The first-order valence-corrected chi connectivity index (χ1v) is 7.55. The number of rotatable bonds is 3. The van der Waals surface area contributed by atoms with Gasteiger partial charge in [-0.15, -0.1) is 11.3 Å². The number of ketones is 1. The van der Waals surface area contributed by atoms with Crippen LogP contribution in [-0.2, 0) is 0 Å². The van der Waals surface area contributed by atoms with Gasteiger partial charge < -0.3 is 0 Å². The molecule has 1 heterocycles. The molecule has 2 nitrogen and oxygen atoms in total. The van der Waals surface area contributed by atoms with Crippen LogP contribution >= 0.6 is 11.3 Å². The fourth-order valence-corrected chi connectivity index (χ4v) is 3.40. The molecule has 0 unspecified atom stereocenters. The maximum atomic E-state index is 12.4. The quantitative estimate of drug-likeness (QED) is 0.781. The topological polar surface area (TPSA) is 30.0 Å². The van der Waals surface area contributed by atoms with Crippen LogP contribution in [0.15, 0.2) is 24.3 Å². The van der Waals surface area contributed by atoms with E-state index in [1.54, 1.807) is 0 Å². The van der Waals surface area contributed by atoms with Crippen molar-refractivity contribution in [1.82, 2.24) is 4.98 Å². The first-order valence-electron chi connectivity index (χ1n) is 6.74. The van der Waals surface area contributed by atoms with E-state index in [4.69, 9.17) is 0 Å². The Balaban J connectivity index is 1.85. The summed E-state index contributed by atoms with van der Waals surface area (Å²) in [4.78, 5) is 17.5. The summed E-state index contributed by atoms with van der Waals surface area (Å²) in [6, 6.07) is 8.15. The Morgan fingerprint density at radius 2 is 1.89 bits per heavy atom. The number of aromatic nitrogens is 1. The minimum Gasteiger partial charge on any atom is -0.288 e. The minimum absolute atomic E-state index is 0.100. The molecule has 0 N–H and O–H groups in total. The van der Waals surface area contributed by atoms with E-state index < -0.39 is 0 Å². The number of hydrogen-bond donors (Lipinski definition) is 0. The second-order valence-corrected chi connectivity index (χ2v) is 6.43. The van der Waals surface area contributed by atoms with E-state index in [1.807, 2.05) is 26.0 Å². The van der Waals surface area contributed by atoms with E-state index >= 15 is 0 Å². The van der Waals surface area contributed by atoms with E-state index in [2.05, 4.69) is 17.1 Å². The van der Waals surface area contributed by atoms with E-state index in [9.17, 15) is 4.79 Å². The van der Waals surface area contributed by atoms with Gasteiger partial charge in [0.2, 0.25) is 5.78 Å². The highest BCUT2D eigenvalue weighted by Crippen LogP contribution is 2.36. The summed E-state index contributed by atoms with van der Waals surface area (Å²) in [5.74, 6) is 0.819. The molecular weight excluding hydrogens is 254 g/mol. The molecule has 1 aromatic carbocycles. The summed E-state index contributed by atoms with van der Waals surface area (Å²) in [6.07, 6.45) is 3.92. The summed E-state index contributed by atoms with van der Waals surface area (Å²) in [5, 5.41) is 0.951. The van der Waals surface area contributed by atoms with Crippen LogP contribution in [0.3, 0.4) is 0 Å². The number of hydrogen-bond acceptors (Lipinski definition) is 3. The third kappa shape index (κ3) is 2.35. The second kappa shape index (κ2) is 4.89. The van der Waals surface area contributed by atoms with E-state index in [0.717, 1.165) is 27.1 Å². The lowest BCUT2D eigenvalue weighted by Gasteiger charge is -2.25. The van der Waals surface area contributed by atoms with Crippen molar-refractivity contribution < 1.29 is 4.79 Å². The van der Waals surface area contributed by atoms with Crippen molar-refractivity contribution in [3.63, 3.8) is 0 Å². The van der Waals surface area contributed by atoms with Crippen LogP contribution in [0.1, 0.15) is 56.7 Å². The molecule has 1 aromatic heterocycles. The van der Waals surface area contributed by atoms with Crippen molar-refractivity contribution in [2.24, 2.45) is 0 Å². The monoisotopic (exact) mass is 271 g/mol. The van der Waals surface area contributed by atoms with Gasteiger partial charge in [-0.3, -0.25) is 4.79 Å². The first kappa shape index (κ1) is 12.5. The highest BCUT2D eigenvalue weighted by molar-refractivity contribution is 7.14. The molecule has 1 fully saturated rings. The van der Waals surface area contributed by atoms with Crippen LogP contribution in [-0.4, -0.2) is 10.8 Å². The molecule has 19 heavy (non-hydrogen) atoms. The van der Waals surface area contributed by atoms with Gasteiger partial charge in [-0.25, -0.2) is 4.98 Å². The maximum Gasteiger partial charge on any atom is 0.204 e. The van der Waals surface area contributed by atoms with Gasteiger partial charge in [-0.2, -0.15) is 0 Å². The lowest BCUT2D eigenvalue weighted by molar-refractivity contribution is 0.104. The summed E-state index contributed by atoms with van der Waals surface area (Å²) >= 11 is 1.48. The molecule has 98 valence electrons. The number of benzene rings is 1. The molecule has 0 radical (unpaired) electrons. The lowest BCUT2D eigenvalue weighted by atomic mass is 9.80. The Bertz CT molecular complexity index is 608. The second-order valence-electron chi connectivity index (χ2n) is 5.23. The normalized spacial score (nSPS) is 15.3. The Morgan fingerprint density at radius 1 is 1.21 bits per heavy atom. The van der Waals surface area contributed by atoms with Crippen LogP contribution < -0.4 is 0 Å². The third-order valence-corrected chi connectivity index (χ3v) is 4.93. The Morgan fingerprint density at radius 3 is 2.37 bits per heavy atom. The first-order chi connectivity index (χ1) is 9.15. The smallest absolute Gasteiger partial charge is 0.204 e. The third-order valence-electron chi connectivity index (χ3n) is 3.86. The zero-order valence-electron chi connectivity index (χ0n) is 11.3. The van der Waals surface area contributed by atoms with Crippen molar-refractivity contribution in [3.05, 3.63) is 51.0 Å². The van der Waals surface area contributed by atoms with Gasteiger partial charge in [0, 0.05) is 5.56 Å². The van der Waals surface area contributed by atoms with Crippen molar-refractivity contribution in [3.8, 4) is 0 Å². The zero-order valence-corrected chi connectivity index (χ0v) is 12.1. The summed E-state index contributed by atoms with van der Waals surface area (Å²) in [5.41, 5.74) is 2.99. The predicted molar refractivity (Wildman–Crippen MR) is 78.1 cm³/mol. The Kier molecular flexibility index (Phi) is 3.23. The lowest BCUT2D eigenvalue weighted by Crippen LogP contribution is -2.09. The van der Waals surface area contributed by atoms with Crippen molar-refractivity contribution in [2.75, 3.05) is 0 Å². The standard InChI is InChI=1S/C16H17NOS/c1-10-16(19-11(2)17-10)15(18)14-8-6-13(7-9-14)12-4-3-5-12/h6-9,12H,3-5H2,1-2H3. The van der Waals surface area contributed by atoms with Crippen LogP contribution in [0.25, 0.3) is 0 Å². The maximum absolute atomic E-state index is 12.4. The number of thiazole rings is 1. The minimum atomic E-state index is 0.100. The van der Waals surface area contributed by atoms with Crippen molar-refractivity contribution in [1.29, 1.82) is 0 Å². The molecular formula is C16H17NOS. The molecule has 0 atom stereocenters. The molecule has 3 rings (SSSR count). The van der Waals surface area contributed by atoms with E-state index in [-0.39, 0.29) is 5.78 Å². The summed E-state index contributed by atoms with van der Waals surface area (Å²) in [7, 11) is 0. The van der Waals surface area contributed by atoms with Gasteiger partial charge in [0.1, 0.15) is 0 Å². The zero-order chi connectivity index (χ0) is 13.4. The predicted octanol–water partition coefficient (Wildman–Crippen LogP) is 4.26. The fraction of sp³-hybridized carbons (Fsp3) is 0.375. The molecule has 1 aliphatic carbocycles. The summed E-state index contributed by atoms with van der Waals surface area (Å²) in [6.45, 7) is 3.84. The number of carbonyl (C=O) groups is 1. The van der Waals surface area contributed by atoms with Gasteiger partial charge in [0.05, 0.1) is 15.6 Å². The van der Waals surface area contributed by atoms with Gasteiger partial charge in [-0.1, -0.05) is 30.7 Å². The van der Waals surface area contributed by atoms with Crippen LogP contribution in [0.4, 0.5) is 0 Å². The van der Waals surface area contributed by atoms with Gasteiger partial charge >= 0.3 is 0 Å². The molecule has 0 aliphatic heterocycles. The van der Waals surface area contributed by atoms with Gasteiger partial charge in [0.15, 0.2) is 0 Å². The number of aryl methyl sites for hydroxylation is 2. The van der Waals surface area contributed by atoms with Crippen LogP contribution in [0, 0.1) is 13.8 Å². The van der Waals surface area contributed by atoms with E-state index in [1.165, 1.54) is 36.2 Å². The number of carbonyl (C=O) groups excluding carboxylic acids is 1.